The Hall–Kier alpha value is -0.830. The van der Waals surface area contributed by atoms with Crippen molar-refractivity contribution in [1.29, 1.82) is 0 Å². The van der Waals surface area contributed by atoms with Crippen LogP contribution in [0.25, 0.3) is 0 Å². The van der Waals surface area contributed by atoms with Crippen molar-refractivity contribution in [2.24, 2.45) is 5.92 Å². The van der Waals surface area contributed by atoms with Gasteiger partial charge in [-0.2, -0.15) is 0 Å². The molecule has 1 heterocycles. The Bertz CT molecular complexity index is 245. The first-order valence-electron chi connectivity index (χ1n) is 4.76. The molecule has 3 nitrogen and oxygen atoms in total. The predicted octanol–water partition coefficient (Wildman–Crippen LogP) is 1.63. The van der Waals surface area contributed by atoms with Crippen molar-refractivity contribution in [2.45, 2.75) is 32.5 Å². The van der Waals surface area contributed by atoms with Crippen LogP contribution in [-0.2, 0) is 14.3 Å². The van der Waals surface area contributed by atoms with Gasteiger partial charge in [-0.25, -0.2) is 0 Å². The fraction of sp³-hybridized carbons (Fsp3) is 0.700. The SMILES string of the molecule is CC(=O)OC1OCC2CCCC=C21. The molecule has 1 saturated heterocycles. The lowest BCUT2D eigenvalue weighted by Gasteiger charge is -2.17. The molecule has 2 rings (SSSR count). The van der Waals surface area contributed by atoms with Gasteiger partial charge >= 0.3 is 5.97 Å². The lowest BCUT2D eigenvalue weighted by atomic mass is 9.90. The smallest absolute Gasteiger partial charge is 0.305 e. The van der Waals surface area contributed by atoms with Gasteiger partial charge in [0.05, 0.1) is 6.61 Å². The maximum absolute atomic E-state index is 10.7. The van der Waals surface area contributed by atoms with Gasteiger partial charge in [0, 0.05) is 12.8 Å². The molecule has 0 aromatic heterocycles. The minimum absolute atomic E-state index is 0.267. The van der Waals surface area contributed by atoms with Crippen LogP contribution in [0.15, 0.2) is 11.6 Å². The number of rotatable bonds is 1. The summed E-state index contributed by atoms with van der Waals surface area (Å²) in [5.74, 6) is 0.232. The van der Waals surface area contributed by atoms with E-state index in [1.807, 2.05) is 0 Å². The Labute approximate surface area is 77.7 Å². The molecule has 2 unspecified atom stereocenters. The number of hydrogen-bond donors (Lipinski definition) is 0. The molecule has 0 amide bonds. The minimum atomic E-state index is -0.386. The zero-order valence-electron chi connectivity index (χ0n) is 7.79. The van der Waals surface area contributed by atoms with Crippen molar-refractivity contribution in [3.63, 3.8) is 0 Å². The fourth-order valence-corrected chi connectivity index (χ4v) is 1.99. The summed E-state index contributed by atoms with van der Waals surface area (Å²) < 4.78 is 10.5. The van der Waals surface area contributed by atoms with Crippen molar-refractivity contribution in [3.8, 4) is 0 Å². The van der Waals surface area contributed by atoms with E-state index in [0.29, 0.717) is 12.5 Å². The van der Waals surface area contributed by atoms with E-state index in [4.69, 9.17) is 9.47 Å². The monoisotopic (exact) mass is 182 g/mol. The second kappa shape index (κ2) is 3.50. The molecule has 0 N–H and O–H groups in total. The highest BCUT2D eigenvalue weighted by Crippen LogP contribution is 2.34. The third-order valence-corrected chi connectivity index (χ3v) is 2.60. The molecular weight excluding hydrogens is 168 g/mol. The molecule has 13 heavy (non-hydrogen) atoms. The van der Waals surface area contributed by atoms with Gasteiger partial charge in [0.1, 0.15) is 0 Å². The van der Waals surface area contributed by atoms with Crippen LogP contribution in [0.1, 0.15) is 26.2 Å². The van der Waals surface area contributed by atoms with Gasteiger partial charge in [-0.15, -0.1) is 0 Å². The maximum atomic E-state index is 10.7. The summed E-state index contributed by atoms with van der Waals surface area (Å²) in [7, 11) is 0. The molecular formula is C10H14O3. The molecule has 1 aliphatic carbocycles. The van der Waals surface area contributed by atoms with Gasteiger partial charge in [0.25, 0.3) is 0 Å². The van der Waals surface area contributed by atoms with Crippen LogP contribution in [0.3, 0.4) is 0 Å². The molecule has 72 valence electrons. The molecule has 2 atom stereocenters. The van der Waals surface area contributed by atoms with Crippen molar-refractivity contribution >= 4 is 5.97 Å². The Balaban J connectivity index is 2.06. The molecule has 0 bridgehead atoms. The van der Waals surface area contributed by atoms with Gasteiger partial charge in [-0.1, -0.05) is 6.08 Å². The topological polar surface area (TPSA) is 35.5 Å². The summed E-state index contributed by atoms with van der Waals surface area (Å²) in [5.41, 5.74) is 1.18. The predicted molar refractivity (Wildman–Crippen MR) is 46.9 cm³/mol. The fourth-order valence-electron chi connectivity index (χ4n) is 1.99. The largest absolute Gasteiger partial charge is 0.432 e. The highest BCUT2D eigenvalue weighted by Gasteiger charge is 2.34. The summed E-state index contributed by atoms with van der Waals surface area (Å²) in [6, 6.07) is 0. The molecule has 1 fully saturated rings. The van der Waals surface area contributed by atoms with Crippen molar-refractivity contribution in [3.05, 3.63) is 11.6 Å². The first kappa shape index (κ1) is 8.75. The van der Waals surface area contributed by atoms with Crippen molar-refractivity contribution in [2.75, 3.05) is 6.61 Å². The second-order valence-corrected chi connectivity index (χ2v) is 3.61. The zero-order valence-corrected chi connectivity index (χ0v) is 7.79. The van der Waals surface area contributed by atoms with E-state index in [2.05, 4.69) is 6.08 Å². The third-order valence-electron chi connectivity index (χ3n) is 2.60. The van der Waals surface area contributed by atoms with E-state index < -0.39 is 0 Å². The molecule has 0 radical (unpaired) electrons. The number of fused-ring (bicyclic) bond motifs is 1. The van der Waals surface area contributed by atoms with Crippen LogP contribution in [0, 0.1) is 5.92 Å². The van der Waals surface area contributed by atoms with Gasteiger partial charge < -0.3 is 9.47 Å². The first-order valence-corrected chi connectivity index (χ1v) is 4.76. The minimum Gasteiger partial charge on any atom is -0.432 e. The quantitative estimate of drug-likeness (QED) is 0.456. The summed E-state index contributed by atoms with van der Waals surface area (Å²) in [6.45, 7) is 2.13. The summed E-state index contributed by atoms with van der Waals surface area (Å²) in [5, 5.41) is 0. The van der Waals surface area contributed by atoms with Crippen LogP contribution < -0.4 is 0 Å². The van der Waals surface area contributed by atoms with Crippen LogP contribution in [0.4, 0.5) is 0 Å². The lowest BCUT2D eigenvalue weighted by molar-refractivity contribution is -0.162. The summed E-state index contributed by atoms with van der Waals surface area (Å²) in [6.07, 6.45) is 5.26. The Morgan fingerprint density at radius 3 is 3.31 bits per heavy atom. The number of carbonyl (C=O) groups excluding carboxylic acids is 1. The molecule has 0 saturated carbocycles. The van der Waals surface area contributed by atoms with Crippen LogP contribution in [0.5, 0.6) is 0 Å². The summed E-state index contributed by atoms with van der Waals surface area (Å²) in [4.78, 5) is 10.7. The van der Waals surface area contributed by atoms with Crippen molar-refractivity contribution < 1.29 is 14.3 Å². The van der Waals surface area contributed by atoms with Gasteiger partial charge in [0.15, 0.2) is 0 Å². The molecule has 0 spiro atoms. The van der Waals surface area contributed by atoms with Gasteiger partial charge in [-0.05, 0) is 24.8 Å². The van der Waals surface area contributed by atoms with E-state index in [0.717, 1.165) is 6.42 Å². The Morgan fingerprint density at radius 1 is 1.69 bits per heavy atom. The number of hydrogen-bond acceptors (Lipinski definition) is 3. The third kappa shape index (κ3) is 1.75. The second-order valence-electron chi connectivity index (χ2n) is 3.61. The number of carbonyl (C=O) groups is 1. The van der Waals surface area contributed by atoms with Crippen molar-refractivity contribution in [1.82, 2.24) is 0 Å². The molecule has 2 aliphatic rings. The van der Waals surface area contributed by atoms with Crippen LogP contribution in [0.2, 0.25) is 0 Å². The van der Waals surface area contributed by atoms with E-state index in [1.165, 1.54) is 25.3 Å². The highest BCUT2D eigenvalue weighted by atomic mass is 16.7. The van der Waals surface area contributed by atoms with Gasteiger partial charge in [0.2, 0.25) is 6.29 Å². The Morgan fingerprint density at radius 2 is 2.54 bits per heavy atom. The zero-order chi connectivity index (χ0) is 9.26. The van der Waals surface area contributed by atoms with E-state index >= 15 is 0 Å². The van der Waals surface area contributed by atoms with Crippen LogP contribution >= 0.6 is 0 Å². The molecule has 0 aromatic carbocycles. The van der Waals surface area contributed by atoms with Gasteiger partial charge in [-0.3, -0.25) is 4.79 Å². The average Bonchev–Trinajstić information content (AvgIpc) is 2.48. The maximum Gasteiger partial charge on any atom is 0.305 e. The first-order chi connectivity index (χ1) is 6.27. The number of ether oxygens (including phenoxy) is 2. The van der Waals surface area contributed by atoms with E-state index in [9.17, 15) is 4.79 Å². The highest BCUT2D eigenvalue weighted by molar-refractivity contribution is 5.66. The van der Waals surface area contributed by atoms with E-state index in [-0.39, 0.29) is 12.3 Å². The normalized spacial score (nSPS) is 32.2. The Kier molecular flexibility index (Phi) is 2.36. The van der Waals surface area contributed by atoms with E-state index in [1.54, 1.807) is 0 Å². The molecule has 1 aliphatic heterocycles. The molecule has 3 heteroatoms. The standard InChI is InChI=1S/C10H14O3/c1-7(11)13-10-9-5-3-2-4-8(9)6-12-10/h5,8,10H,2-4,6H2,1H3. The number of allylic oxidation sites excluding steroid dienone is 1. The average molecular weight is 182 g/mol. The van der Waals surface area contributed by atoms with Crippen LogP contribution in [-0.4, -0.2) is 18.9 Å². The number of esters is 1. The molecule has 0 aromatic rings. The summed E-state index contributed by atoms with van der Waals surface area (Å²) >= 11 is 0. The lowest BCUT2D eigenvalue weighted by Crippen LogP contribution is -2.18.